The van der Waals surface area contributed by atoms with Crippen molar-refractivity contribution in [2.24, 2.45) is 0 Å². The summed E-state index contributed by atoms with van der Waals surface area (Å²) in [7, 11) is 0. The van der Waals surface area contributed by atoms with Crippen molar-refractivity contribution in [2.75, 3.05) is 13.1 Å². The molecule has 120 valence electrons. The summed E-state index contributed by atoms with van der Waals surface area (Å²) in [6, 6.07) is 11.7. The van der Waals surface area contributed by atoms with Crippen LogP contribution in [0, 0.1) is 0 Å². The van der Waals surface area contributed by atoms with Gasteiger partial charge in [0.05, 0.1) is 0 Å². The van der Waals surface area contributed by atoms with Gasteiger partial charge in [0.2, 0.25) is 0 Å². The molecule has 0 spiro atoms. The number of aromatic nitrogens is 1. The maximum Gasteiger partial charge on any atom is 0.251 e. The van der Waals surface area contributed by atoms with Gasteiger partial charge >= 0.3 is 0 Å². The molecular weight excluding hydrogens is 310 g/mol. The summed E-state index contributed by atoms with van der Waals surface area (Å²) >= 11 is 6.22. The third kappa shape index (κ3) is 4.30. The third-order valence-electron chi connectivity index (χ3n) is 4.22. The first-order chi connectivity index (χ1) is 11.2. The Morgan fingerprint density at radius 1 is 1.17 bits per heavy atom. The van der Waals surface area contributed by atoms with Gasteiger partial charge in [-0.1, -0.05) is 29.8 Å². The number of nitrogens with one attached hydrogen (secondary N) is 1. The van der Waals surface area contributed by atoms with Gasteiger partial charge in [-0.2, -0.15) is 0 Å². The molecule has 1 N–H and O–H groups in total. The quantitative estimate of drug-likeness (QED) is 0.937. The molecule has 1 amide bonds. The van der Waals surface area contributed by atoms with Crippen molar-refractivity contribution in [1.82, 2.24) is 15.2 Å². The van der Waals surface area contributed by atoms with E-state index >= 15 is 0 Å². The highest BCUT2D eigenvalue weighted by Gasteiger charge is 2.21. The lowest BCUT2D eigenvalue weighted by Crippen LogP contribution is -2.44. The average Bonchev–Trinajstić information content (AvgIpc) is 2.59. The fourth-order valence-corrected chi connectivity index (χ4v) is 3.07. The zero-order chi connectivity index (χ0) is 16.1. The number of hydrogen-bond acceptors (Lipinski definition) is 3. The number of likely N-dealkylation sites (tertiary alicyclic amines) is 1. The molecule has 23 heavy (non-hydrogen) atoms. The monoisotopic (exact) mass is 329 g/mol. The van der Waals surface area contributed by atoms with Gasteiger partial charge in [-0.25, -0.2) is 0 Å². The molecule has 3 rings (SSSR count). The van der Waals surface area contributed by atoms with Crippen molar-refractivity contribution >= 4 is 17.5 Å². The first-order valence-electron chi connectivity index (χ1n) is 7.89. The molecular formula is C18H20ClN3O. The first kappa shape index (κ1) is 16.0. The van der Waals surface area contributed by atoms with Gasteiger partial charge in [-0.15, -0.1) is 0 Å². The second-order valence-electron chi connectivity index (χ2n) is 5.85. The van der Waals surface area contributed by atoms with E-state index in [2.05, 4.69) is 21.3 Å². The highest BCUT2D eigenvalue weighted by atomic mass is 35.5. The van der Waals surface area contributed by atoms with Crippen LogP contribution in [0.15, 0.2) is 48.8 Å². The van der Waals surface area contributed by atoms with Crippen LogP contribution in [0.25, 0.3) is 0 Å². The molecule has 0 saturated carbocycles. The lowest BCUT2D eigenvalue weighted by Gasteiger charge is -2.32. The summed E-state index contributed by atoms with van der Waals surface area (Å²) in [6.45, 7) is 2.80. The van der Waals surface area contributed by atoms with Crippen molar-refractivity contribution < 1.29 is 4.79 Å². The Morgan fingerprint density at radius 2 is 1.87 bits per heavy atom. The molecule has 1 saturated heterocycles. The summed E-state index contributed by atoms with van der Waals surface area (Å²) in [5, 5.41) is 3.93. The second-order valence-corrected chi connectivity index (χ2v) is 6.26. The van der Waals surface area contributed by atoms with Crippen molar-refractivity contribution in [3.05, 3.63) is 64.9 Å². The number of halogens is 1. The molecule has 0 bridgehead atoms. The van der Waals surface area contributed by atoms with Gasteiger partial charge in [0.15, 0.2) is 0 Å². The number of carbonyl (C=O) groups is 1. The molecule has 1 aliphatic heterocycles. The van der Waals surface area contributed by atoms with Crippen LogP contribution >= 0.6 is 11.6 Å². The molecule has 1 aromatic carbocycles. The van der Waals surface area contributed by atoms with Crippen molar-refractivity contribution in [2.45, 2.75) is 25.4 Å². The van der Waals surface area contributed by atoms with Crippen LogP contribution in [0.1, 0.15) is 28.8 Å². The minimum atomic E-state index is -0.0167. The summed E-state index contributed by atoms with van der Waals surface area (Å²) < 4.78 is 0. The van der Waals surface area contributed by atoms with E-state index in [4.69, 9.17) is 11.6 Å². The van der Waals surface area contributed by atoms with E-state index in [1.54, 1.807) is 24.5 Å². The number of pyridine rings is 1. The van der Waals surface area contributed by atoms with E-state index < -0.39 is 0 Å². The predicted molar refractivity (Wildman–Crippen MR) is 91.5 cm³/mol. The summed E-state index contributed by atoms with van der Waals surface area (Å²) in [5.74, 6) is -0.0167. The number of nitrogens with zero attached hydrogens (tertiary/aromatic N) is 2. The molecule has 1 aliphatic rings. The van der Waals surface area contributed by atoms with Gasteiger partial charge in [0.1, 0.15) is 0 Å². The van der Waals surface area contributed by atoms with Gasteiger partial charge in [0, 0.05) is 48.7 Å². The van der Waals surface area contributed by atoms with E-state index in [1.807, 2.05) is 18.2 Å². The van der Waals surface area contributed by atoms with E-state index in [0.29, 0.717) is 5.56 Å². The maximum atomic E-state index is 12.2. The molecule has 0 radical (unpaired) electrons. The van der Waals surface area contributed by atoms with Crippen LogP contribution in [0.3, 0.4) is 0 Å². The molecule has 5 heteroatoms. The van der Waals surface area contributed by atoms with Gasteiger partial charge in [-0.05, 0) is 36.6 Å². The fourth-order valence-electron chi connectivity index (χ4n) is 2.87. The van der Waals surface area contributed by atoms with Crippen LogP contribution in [0.5, 0.6) is 0 Å². The predicted octanol–water partition coefficient (Wildman–Crippen LogP) is 3.13. The molecule has 4 nitrogen and oxygen atoms in total. The number of piperidine rings is 1. The normalized spacial score (nSPS) is 16.2. The summed E-state index contributed by atoms with van der Waals surface area (Å²) in [5.41, 5.74) is 1.83. The molecule has 0 atom stereocenters. The number of rotatable bonds is 4. The Hall–Kier alpha value is -1.91. The lowest BCUT2D eigenvalue weighted by atomic mass is 10.0. The Kier molecular flexibility index (Phi) is 5.26. The number of benzene rings is 1. The zero-order valence-electron chi connectivity index (χ0n) is 12.9. The summed E-state index contributed by atoms with van der Waals surface area (Å²) in [6.07, 6.45) is 5.20. The largest absolute Gasteiger partial charge is 0.349 e. The molecule has 0 aliphatic carbocycles. The number of carbonyl (C=O) groups excluding carboxylic acids is 1. The van der Waals surface area contributed by atoms with Crippen LogP contribution < -0.4 is 5.32 Å². The standard InChI is InChI=1S/C18H20ClN3O/c19-17-4-2-1-3-15(17)13-22-11-7-16(8-12-22)21-18(23)14-5-9-20-10-6-14/h1-6,9-10,16H,7-8,11-13H2,(H,21,23). The van der Waals surface area contributed by atoms with Crippen LogP contribution in [0.4, 0.5) is 0 Å². The summed E-state index contributed by atoms with van der Waals surface area (Å²) in [4.78, 5) is 18.5. The first-order valence-corrected chi connectivity index (χ1v) is 8.27. The fraction of sp³-hybridized carbons (Fsp3) is 0.333. The molecule has 1 aromatic heterocycles. The third-order valence-corrected chi connectivity index (χ3v) is 4.59. The van der Waals surface area contributed by atoms with Crippen molar-refractivity contribution in [3.63, 3.8) is 0 Å². The Labute approximate surface area is 141 Å². The van der Waals surface area contributed by atoms with Crippen LogP contribution in [0.2, 0.25) is 5.02 Å². The average molecular weight is 330 g/mol. The zero-order valence-corrected chi connectivity index (χ0v) is 13.7. The maximum absolute atomic E-state index is 12.2. The smallest absolute Gasteiger partial charge is 0.251 e. The molecule has 2 aromatic rings. The van der Waals surface area contributed by atoms with Gasteiger partial charge < -0.3 is 5.32 Å². The van der Waals surface area contributed by atoms with Crippen molar-refractivity contribution in [1.29, 1.82) is 0 Å². The SMILES string of the molecule is O=C(NC1CCN(Cc2ccccc2Cl)CC1)c1ccncc1. The van der Waals surface area contributed by atoms with Gasteiger partial charge in [0.25, 0.3) is 5.91 Å². The highest BCUT2D eigenvalue weighted by Crippen LogP contribution is 2.19. The topological polar surface area (TPSA) is 45.2 Å². The Morgan fingerprint density at radius 3 is 2.57 bits per heavy atom. The van der Waals surface area contributed by atoms with Crippen LogP contribution in [-0.4, -0.2) is 34.9 Å². The second kappa shape index (κ2) is 7.57. The number of amides is 1. The van der Waals surface area contributed by atoms with Crippen LogP contribution in [-0.2, 0) is 6.54 Å². The van der Waals surface area contributed by atoms with E-state index in [0.717, 1.165) is 43.1 Å². The van der Waals surface area contributed by atoms with Crippen molar-refractivity contribution in [3.8, 4) is 0 Å². The lowest BCUT2D eigenvalue weighted by molar-refractivity contribution is 0.0909. The minimum absolute atomic E-state index is 0.0167. The van der Waals surface area contributed by atoms with E-state index in [1.165, 1.54) is 0 Å². The molecule has 1 fully saturated rings. The Bertz CT molecular complexity index is 654. The molecule has 0 unspecified atom stereocenters. The highest BCUT2D eigenvalue weighted by molar-refractivity contribution is 6.31. The minimum Gasteiger partial charge on any atom is -0.349 e. The van der Waals surface area contributed by atoms with E-state index in [9.17, 15) is 4.79 Å². The molecule has 2 heterocycles. The number of hydrogen-bond donors (Lipinski definition) is 1. The van der Waals surface area contributed by atoms with Gasteiger partial charge in [-0.3, -0.25) is 14.7 Å². The Balaban J connectivity index is 1.49. The van der Waals surface area contributed by atoms with E-state index in [-0.39, 0.29) is 11.9 Å².